The van der Waals surface area contributed by atoms with Crippen molar-refractivity contribution in [3.8, 4) is 0 Å². The summed E-state index contributed by atoms with van der Waals surface area (Å²) in [6.45, 7) is 0. The predicted molar refractivity (Wildman–Crippen MR) is 36.2 cm³/mol. The first kappa shape index (κ1) is 9.91. The Labute approximate surface area is 73.0 Å². The molecule has 0 heterocycles. The van der Waals surface area contributed by atoms with Gasteiger partial charge in [0.05, 0.1) is 0 Å². The third-order valence-electron chi connectivity index (χ3n) is 1.01. The molecule has 9 heavy (non-hydrogen) atoms. The molecule has 0 unspecified atom stereocenters. The molecule has 0 saturated heterocycles. The van der Waals surface area contributed by atoms with Crippen LogP contribution in [0, 0.1) is 0 Å². The van der Waals surface area contributed by atoms with Gasteiger partial charge in [-0.3, -0.25) is 0 Å². The molecule has 0 rings (SSSR count). The van der Waals surface area contributed by atoms with Gasteiger partial charge in [-0.15, -0.1) is 0 Å². The summed E-state index contributed by atoms with van der Waals surface area (Å²) in [7, 11) is -3.68. The van der Waals surface area contributed by atoms with Crippen LogP contribution in [0.4, 0.5) is 0 Å². The van der Waals surface area contributed by atoms with Crippen molar-refractivity contribution in [2.75, 3.05) is 5.75 Å². The standard InChI is InChI=1S/C4H9O3S.Na/c1-2-3-4-8(5,6)7;/h1-4H2,(H,5,6,7);. The average molecular weight is 160 g/mol. The van der Waals surface area contributed by atoms with E-state index in [1.165, 1.54) is 0 Å². The fourth-order valence-electron chi connectivity index (χ4n) is 0.534. The third kappa shape index (κ3) is 8.91. The summed E-state index contributed by atoms with van der Waals surface area (Å²) in [6, 6.07) is 0. The molecule has 0 aromatic heterocycles. The minimum absolute atomic E-state index is 0.0742. The Morgan fingerprint density at radius 2 is 1.89 bits per heavy atom. The molecule has 5 heteroatoms. The Hall–Kier alpha value is 0.910. The molecule has 0 aliphatic heterocycles. The molecule has 0 spiro atoms. The van der Waals surface area contributed by atoms with Crippen molar-refractivity contribution >= 4 is 38.0 Å². The Bertz CT molecular complexity index is 151. The zero-order chi connectivity index (χ0) is 7.33. The van der Waals surface area contributed by atoms with Gasteiger partial charge in [-0.05, 0) is 0 Å². The van der Waals surface area contributed by atoms with Crippen molar-refractivity contribution in [2.45, 2.75) is 16.5 Å². The predicted octanol–water partition coefficient (Wildman–Crippen LogP) is 0.241. The average Bonchev–Trinajstić information content (AvgIpc) is 1.63. The van der Waals surface area contributed by atoms with Crippen LogP contribution in [-0.4, -0.2) is 46.7 Å². The van der Waals surface area contributed by atoms with Gasteiger partial charge in [0, 0.05) is 0 Å². The van der Waals surface area contributed by atoms with Crippen molar-refractivity contribution < 1.29 is 13.0 Å². The van der Waals surface area contributed by atoms with E-state index in [9.17, 15) is 8.42 Å². The summed E-state index contributed by atoms with van der Waals surface area (Å²) in [5.74, 6) is -0.0742. The zero-order valence-electron chi connectivity index (χ0n) is 5.50. The van der Waals surface area contributed by atoms with Gasteiger partial charge >= 0.3 is 73.3 Å². The van der Waals surface area contributed by atoms with Crippen LogP contribution in [0.3, 0.4) is 0 Å². The number of hydrogen-bond acceptors (Lipinski definition) is 2. The van der Waals surface area contributed by atoms with Gasteiger partial charge in [0.1, 0.15) is 0 Å². The summed E-state index contributed by atoms with van der Waals surface area (Å²) in [5, 5.41) is 0. The van der Waals surface area contributed by atoms with Crippen LogP contribution in [-0.2, 0) is 10.1 Å². The second-order valence-electron chi connectivity index (χ2n) is 1.99. The molecule has 0 bridgehead atoms. The van der Waals surface area contributed by atoms with E-state index in [4.69, 9.17) is 4.55 Å². The first-order valence-corrected chi connectivity index (χ1v) is 6.04. The van der Waals surface area contributed by atoms with Crippen LogP contribution in [0.2, 0.25) is 3.67 Å². The van der Waals surface area contributed by atoms with E-state index >= 15 is 0 Å². The number of hydrogen-bond donors (Lipinski definition) is 1. The molecule has 1 N–H and O–H groups in total. The maximum absolute atomic E-state index is 10.1. The molecular weight excluding hydrogens is 151 g/mol. The molecule has 50 valence electrons. The fourth-order valence-corrected chi connectivity index (χ4v) is 1.60. The Kier molecular flexibility index (Phi) is 5.16. The van der Waals surface area contributed by atoms with Gasteiger partial charge < -0.3 is 0 Å². The van der Waals surface area contributed by atoms with E-state index in [1.54, 1.807) is 0 Å². The molecular formula is C4H9NaO3S. The molecule has 0 aromatic carbocycles. The van der Waals surface area contributed by atoms with Crippen LogP contribution < -0.4 is 0 Å². The van der Waals surface area contributed by atoms with Gasteiger partial charge in [0.15, 0.2) is 0 Å². The van der Waals surface area contributed by atoms with E-state index in [0.717, 1.165) is 38.0 Å². The van der Waals surface area contributed by atoms with E-state index in [1.807, 2.05) is 0 Å². The van der Waals surface area contributed by atoms with Crippen LogP contribution in [0.5, 0.6) is 0 Å². The van der Waals surface area contributed by atoms with Gasteiger partial charge in [-0.1, -0.05) is 0 Å². The van der Waals surface area contributed by atoms with Crippen molar-refractivity contribution in [1.82, 2.24) is 0 Å². The summed E-state index contributed by atoms with van der Waals surface area (Å²) < 4.78 is 29.5. The summed E-state index contributed by atoms with van der Waals surface area (Å²) >= 11 is 1.11. The topological polar surface area (TPSA) is 54.4 Å². The van der Waals surface area contributed by atoms with E-state index in [0.29, 0.717) is 6.42 Å². The first-order valence-electron chi connectivity index (χ1n) is 3.01. The molecule has 0 aromatic rings. The summed E-state index contributed by atoms with van der Waals surface area (Å²) in [5.41, 5.74) is 0. The first-order chi connectivity index (χ1) is 4.06. The maximum atomic E-state index is 10.1. The van der Waals surface area contributed by atoms with Gasteiger partial charge in [0.25, 0.3) is 0 Å². The molecule has 0 saturated carbocycles. The second-order valence-corrected chi connectivity index (χ2v) is 4.57. The zero-order valence-corrected chi connectivity index (χ0v) is 8.32. The molecule has 0 fully saturated rings. The van der Waals surface area contributed by atoms with Gasteiger partial charge in [0.2, 0.25) is 0 Å². The van der Waals surface area contributed by atoms with Crippen molar-refractivity contribution in [3.05, 3.63) is 0 Å². The van der Waals surface area contributed by atoms with E-state index in [2.05, 4.69) is 0 Å². The van der Waals surface area contributed by atoms with Gasteiger partial charge in [-0.25, -0.2) is 0 Å². The van der Waals surface area contributed by atoms with Crippen molar-refractivity contribution in [3.63, 3.8) is 0 Å². The molecule has 0 atom stereocenters. The Morgan fingerprint density at radius 3 is 2.22 bits per heavy atom. The molecule has 0 amide bonds. The van der Waals surface area contributed by atoms with Gasteiger partial charge in [-0.2, -0.15) is 0 Å². The van der Waals surface area contributed by atoms with E-state index < -0.39 is 10.1 Å². The second kappa shape index (κ2) is 4.68. The van der Waals surface area contributed by atoms with Crippen LogP contribution in [0.15, 0.2) is 0 Å². The fraction of sp³-hybridized carbons (Fsp3) is 1.00. The van der Waals surface area contributed by atoms with Crippen molar-refractivity contribution in [2.24, 2.45) is 0 Å². The summed E-state index contributed by atoms with van der Waals surface area (Å²) in [6.07, 6.45) is 1.52. The Balaban J connectivity index is 3.30. The molecule has 0 radical (unpaired) electrons. The number of unbranched alkanes of at least 4 members (excludes halogenated alkanes) is 1. The van der Waals surface area contributed by atoms with Crippen LogP contribution in [0.1, 0.15) is 12.8 Å². The van der Waals surface area contributed by atoms with E-state index in [-0.39, 0.29) is 5.75 Å². The molecule has 3 nitrogen and oxygen atoms in total. The normalized spacial score (nSPS) is 11.9. The quantitative estimate of drug-likeness (QED) is 0.364. The monoisotopic (exact) mass is 160 g/mol. The van der Waals surface area contributed by atoms with Crippen LogP contribution >= 0.6 is 0 Å². The molecule has 0 aliphatic rings. The van der Waals surface area contributed by atoms with Crippen molar-refractivity contribution in [1.29, 1.82) is 0 Å². The van der Waals surface area contributed by atoms with Crippen LogP contribution in [0.25, 0.3) is 0 Å². The Morgan fingerprint density at radius 1 is 1.33 bits per heavy atom. The minimum atomic E-state index is -3.68. The number of rotatable bonds is 4. The summed E-state index contributed by atoms with van der Waals surface area (Å²) in [4.78, 5) is 0. The SMILES string of the molecule is O=S(=O)(O)CCC[CH2][Na]. The molecule has 0 aliphatic carbocycles. The third-order valence-corrected chi connectivity index (χ3v) is 2.52.